The minimum Gasteiger partial charge on any atom is -0.345 e. The van der Waals surface area contributed by atoms with E-state index in [0.29, 0.717) is 23.7 Å². The predicted octanol–water partition coefficient (Wildman–Crippen LogP) is 3.08. The summed E-state index contributed by atoms with van der Waals surface area (Å²) in [5.41, 5.74) is 6.34. The number of carbonyl (C=O) groups is 1. The number of amides is 1. The Bertz CT molecular complexity index is 820. The van der Waals surface area contributed by atoms with Crippen LogP contribution in [0, 0.1) is 5.92 Å². The van der Waals surface area contributed by atoms with Gasteiger partial charge < -0.3 is 15.6 Å². The molecule has 0 bridgehead atoms. The molecule has 1 unspecified atom stereocenters. The monoisotopic (exact) mass is 397 g/mol. The molecule has 1 atom stereocenters. The van der Waals surface area contributed by atoms with Crippen molar-refractivity contribution in [2.24, 2.45) is 11.7 Å². The summed E-state index contributed by atoms with van der Waals surface area (Å²) < 4.78 is 1.48. The first kappa shape index (κ1) is 22.2. The molecule has 0 radical (unpaired) electrons. The quantitative estimate of drug-likeness (QED) is 0.785. The Morgan fingerprint density at radius 1 is 1.27 bits per heavy atom. The van der Waals surface area contributed by atoms with Crippen LogP contribution in [0.4, 0.5) is 0 Å². The number of hydrogen-bond acceptors (Lipinski definition) is 3. The highest BCUT2D eigenvalue weighted by atomic mass is 35.5. The number of hydrogen-bond donors (Lipinski definition) is 2. The first-order valence-electron chi connectivity index (χ1n) is 8.23. The second-order valence-corrected chi connectivity index (χ2v) is 7.11. The smallest absolute Gasteiger partial charge is 0.253 e. The minimum atomic E-state index is -0.513. The lowest BCUT2D eigenvalue weighted by Gasteiger charge is -2.33. The van der Waals surface area contributed by atoms with Crippen molar-refractivity contribution in [3.63, 3.8) is 0 Å². The van der Waals surface area contributed by atoms with E-state index in [2.05, 4.69) is 5.32 Å². The molecular weight excluding hydrogens is 373 g/mol. The molecule has 3 N–H and O–H groups in total. The van der Waals surface area contributed by atoms with E-state index < -0.39 is 5.54 Å². The highest BCUT2D eigenvalue weighted by molar-refractivity contribution is 6.31. The van der Waals surface area contributed by atoms with E-state index in [1.54, 1.807) is 12.3 Å². The summed E-state index contributed by atoms with van der Waals surface area (Å²) in [6.45, 7) is 6.56. The van der Waals surface area contributed by atoms with Gasteiger partial charge in [-0.3, -0.25) is 9.59 Å². The molecule has 1 aromatic heterocycles. The summed E-state index contributed by atoms with van der Waals surface area (Å²) >= 11 is 6.16. The van der Waals surface area contributed by atoms with Crippen molar-refractivity contribution in [3.8, 4) is 0 Å². The zero-order valence-electron chi connectivity index (χ0n) is 15.2. The first-order chi connectivity index (χ1) is 11.8. The van der Waals surface area contributed by atoms with Crippen LogP contribution in [0.5, 0.6) is 0 Å². The van der Waals surface area contributed by atoms with Gasteiger partial charge in [0.25, 0.3) is 11.5 Å². The Morgan fingerprint density at radius 3 is 2.50 bits per heavy atom. The van der Waals surface area contributed by atoms with Crippen LogP contribution in [0.1, 0.15) is 36.7 Å². The number of nitrogens with one attached hydrogen (secondary N) is 1. The Labute approximate surface area is 165 Å². The van der Waals surface area contributed by atoms with E-state index in [0.717, 1.165) is 5.56 Å². The number of nitrogens with two attached hydrogens (primary N) is 1. The highest BCUT2D eigenvalue weighted by Gasteiger charge is 2.29. The summed E-state index contributed by atoms with van der Waals surface area (Å²) in [6.07, 6.45) is 1.55. The summed E-state index contributed by atoms with van der Waals surface area (Å²) in [6, 6.07) is 10.2. The van der Waals surface area contributed by atoms with Crippen LogP contribution in [-0.4, -0.2) is 22.6 Å². The maximum Gasteiger partial charge on any atom is 0.253 e. The average molecular weight is 398 g/mol. The predicted molar refractivity (Wildman–Crippen MR) is 108 cm³/mol. The SMILES string of the molecule is CC(C)C(C)(CN)NC(=O)c1ccc(=O)n(Cc2ccccc2Cl)c1.Cl. The average Bonchev–Trinajstić information content (AvgIpc) is 2.58. The normalized spacial score (nSPS) is 13.0. The van der Waals surface area contributed by atoms with Crippen molar-refractivity contribution in [1.29, 1.82) is 0 Å². The minimum absolute atomic E-state index is 0. The standard InChI is InChI=1S/C19H24ClN3O2.ClH/c1-13(2)19(3,12-21)22-18(25)15-8-9-17(24)23(11-15)10-14-6-4-5-7-16(14)20;/h4-9,11,13H,10,12,21H2,1-3H3,(H,22,25);1H. The van der Waals surface area contributed by atoms with Gasteiger partial charge in [0.05, 0.1) is 17.6 Å². The molecule has 1 amide bonds. The molecule has 0 aliphatic rings. The van der Waals surface area contributed by atoms with E-state index in [9.17, 15) is 9.59 Å². The molecule has 0 aliphatic heterocycles. The van der Waals surface area contributed by atoms with Crippen LogP contribution in [0.15, 0.2) is 47.4 Å². The van der Waals surface area contributed by atoms with Crippen molar-refractivity contribution >= 4 is 29.9 Å². The van der Waals surface area contributed by atoms with Crippen molar-refractivity contribution in [3.05, 3.63) is 69.1 Å². The van der Waals surface area contributed by atoms with Crippen molar-refractivity contribution < 1.29 is 4.79 Å². The van der Waals surface area contributed by atoms with Gasteiger partial charge in [-0.15, -0.1) is 12.4 Å². The highest BCUT2D eigenvalue weighted by Crippen LogP contribution is 2.17. The van der Waals surface area contributed by atoms with Crippen LogP contribution in [-0.2, 0) is 6.54 Å². The van der Waals surface area contributed by atoms with E-state index in [1.807, 2.05) is 39.0 Å². The Morgan fingerprint density at radius 2 is 1.92 bits per heavy atom. The molecule has 0 saturated heterocycles. The molecule has 5 nitrogen and oxygen atoms in total. The Balaban J connectivity index is 0.00000338. The largest absolute Gasteiger partial charge is 0.345 e. The van der Waals surface area contributed by atoms with Gasteiger partial charge in [-0.05, 0) is 30.5 Å². The topological polar surface area (TPSA) is 77.1 Å². The number of halogens is 2. The number of rotatable bonds is 6. The van der Waals surface area contributed by atoms with Gasteiger partial charge >= 0.3 is 0 Å². The maximum atomic E-state index is 12.6. The van der Waals surface area contributed by atoms with Gasteiger partial charge in [0, 0.05) is 23.8 Å². The van der Waals surface area contributed by atoms with Crippen LogP contribution in [0.25, 0.3) is 0 Å². The zero-order chi connectivity index (χ0) is 18.6. The van der Waals surface area contributed by atoms with Crippen molar-refractivity contribution in [2.75, 3.05) is 6.54 Å². The Kier molecular flexibility index (Phi) is 7.87. The second kappa shape index (κ2) is 9.21. The van der Waals surface area contributed by atoms with Gasteiger partial charge in [0.1, 0.15) is 0 Å². The fraction of sp³-hybridized carbons (Fsp3) is 0.368. The molecule has 26 heavy (non-hydrogen) atoms. The second-order valence-electron chi connectivity index (χ2n) is 6.71. The molecule has 2 rings (SSSR count). The van der Waals surface area contributed by atoms with Crippen molar-refractivity contribution in [1.82, 2.24) is 9.88 Å². The number of pyridine rings is 1. The van der Waals surface area contributed by atoms with Crippen LogP contribution < -0.4 is 16.6 Å². The molecule has 7 heteroatoms. The number of carbonyl (C=O) groups excluding carboxylic acids is 1. The number of nitrogens with zero attached hydrogens (tertiary/aromatic N) is 1. The molecule has 1 heterocycles. The Hall–Kier alpha value is -1.82. The lowest BCUT2D eigenvalue weighted by Crippen LogP contribution is -2.55. The fourth-order valence-corrected chi connectivity index (χ4v) is 2.56. The molecular formula is C19H25Cl2N3O2. The van der Waals surface area contributed by atoms with E-state index in [1.165, 1.54) is 16.7 Å². The van der Waals surface area contributed by atoms with Gasteiger partial charge in [0.2, 0.25) is 0 Å². The van der Waals surface area contributed by atoms with Gasteiger partial charge in [-0.25, -0.2) is 0 Å². The van der Waals surface area contributed by atoms with Gasteiger partial charge in [-0.1, -0.05) is 43.6 Å². The van der Waals surface area contributed by atoms with Crippen molar-refractivity contribution in [2.45, 2.75) is 32.9 Å². The maximum absolute atomic E-state index is 12.6. The number of benzene rings is 1. The van der Waals surface area contributed by atoms with E-state index in [-0.39, 0.29) is 29.8 Å². The molecule has 1 aromatic carbocycles. The third-order valence-electron chi connectivity index (χ3n) is 4.64. The molecule has 0 fully saturated rings. The van der Waals surface area contributed by atoms with E-state index in [4.69, 9.17) is 17.3 Å². The third kappa shape index (κ3) is 5.10. The first-order valence-corrected chi connectivity index (χ1v) is 8.61. The molecule has 2 aromatic rings. The van der Waals surface area contributed by atoms with E-state index >= 15 is 0 Å². The summed E-state index contributed by atoms with van der Waals surface area (Å²) in [7, 11) is 0. The van der Waals surface area contributed by atoms with Gasteiger partial charge in [-0.2, -0.15) is 0 Å². The molecule has 0 aliphatic carbocycles. The zero-order valence-corrected chi connectivity index (χ0v) is 16.7. The molecule has 0 saturated carbocycles. The van der Waals surface area contributed by atoms with Crippen LogP contribution >= 0.6 is 24.0 Å². The molecule has 142 valence electrons. The lowest BCUT2D eigenvalue weighted by atomic mass is 9.88. The lowest BCUT2D eigenvalue weighted by molar-refractivity contribution is 0.0882. The van der Waals surface area contributed by atoms with Crippen LogP contribution in [0.2, 0.25) is 5.02 Å². The number of aromatic nitrogens is 1. The van der Waals surface area contributed by atoms with Gasteiger partial charge in [0.15, 0.2) is 0 Å². The third-order valence-corrected chi connectivity index (χ3v) is 5.01. The summed E-state index contributed by atoms with van der Waals surface area (Å²) in [4.78, 5) is 24.7. The van der Waals surface area contributed by atoms with Crippen LogP contribution in [0.3, 0.4) is 0 Å². The fourth-order valence-electron chi connectivity index (χ4n) is 2.36. The summed E-state index contributed by atoms with van der Waals surface area (Å²) in [5.74, 6) is -0.0787. The summed E-state index contributed by atoms with van der Waals surface area (Å²) in [5, 5.41) is 3.56. The molecule has 0 spiro atoms.